The van der Waals surface area contributed by atoms with E-state index in [2.05, 4.69) is 15.6 Å². The largest absolute Gasteiger partial charge is 0.495 e. The number of rotatable bonds is 7. The molecule has 0 aliphatic carbocycles. The molecule has 0 saturated carbocycles. The summed E-state index contributed by atoms with van der Waals surface area (Å²) < 4.78 is 53.8. The fourth-order valence-electron chi connectivity index (χ4n) is 3.44. The van der Waals surface area contributed by atoms with Crippen molar-refractivity contribution in [2.75, 3.05) is 18.9 Å². The van der Waals surface area contributed by atoms with Gasteiger partial charge in [0.25, 0.3) is 15.9 Å². The summed E-state index contributed by atoms with van der Waals surface area (Å²) in [5.41, 5.74) is 1.13. The molecule has 11 heteroatoms. The summed E-state index contributed by atoms with van der Waals surface area (Å²) >= 11 is 1.23. The first kappa shape index (κ1) is 25.0. The fraction of sp³-hybridized carbons (Fsp3) is 0.120. The Balaban J connectivity index is 1.67. The molecule has 0 fully saturated rings. The van der Waals surface area contributed by atoms with Crippen molar-refractivity contribution in [2.45, 2.75) is 11.4 Å². The lowest BCUT2D eigenvalue weighted by molar-refractivity contribution is 0.0998. The van der Waals surface area contributed by atoms with Gasteiger partial charge in [0.15, 0.2) is 4.80 Å². The number of terminal acetylenes is 1. The van der Waals surface area contributed by atoms with Crippen molar-refractivity contribution in [3.63, 3.8) is 0 Å². The maximum Gasteiger partial charge on any atom is 0.279 e. The maximum atomic E-state index is 13.1. The molecule has 0 aliphatic rings. The molecule has 3 aromatic carbocycles. The molecule has 0 unspecified atom stereocenters. The van der Waals surface area contributed by atoms with E-state index < -0.39 is 21.7 Å². The number of thiazole rings is 1. The third-order valence-electron chi connectivity index (χ3n) is 5.15. The quantitative estimate of drug-likeness (QED) is 0.367. The normalized spacial score (nSPS) is 11.8. The van der Waals surface area contributed by atoms with Gasteiger partial charge in [0.05, 0.1) is 25.7 Å². The lowest BCUT2D eigenvalue weighted by atomic mass is 10.2. The van der Waals surface area contributed by atoms with Gasteiger partial charge in [-0.15, -0.1) is 6.42 Å². The van der Waals surface area contributed by atoms with Crippen molar-refractivity contribution in [2.24, 2.45) is 4.99 Å². The van der Waals surface area contributed by atoms with Gasteiger partial charge in [-0.25, -0.2) is 12.8 Å². The van der Waals surface area contributed by atoms with Crippen LogP contribution < -0.4 is 19.0 Å². The first-order valence-electron chi connectivity index (χ1n) is 10.4. The van der Waals surface area contributed by atoms with E-state index in [1.165, 1.54) is 42.7 Å². The highest BCUT2D eigenvalue weighted by molar-refractivity contribution is 7.92. The average molecular weight is 526 g/mol. The lowest BCUT2D eigenvalue weighted by Gasteiger charge is -2.08. The Bertz CT molecular complexity index is 1650. The second-order valence-electron chi connectivity index (χ2n) is 7.38. The first-order valence-corrected chi connectivity index (χ1v) is 12.7. The van der Waals surface area contributed by atoms with Gasteiger partial charge >= 0.3 is 0 Å². The number of anilines is 1. The van der Waals surface area contributed by atoms with Crippen LogP contribution in [0.5, 0.6) is 11.5 Å². The highest BCUT2D eigenvalue weighted by atomic mass is 32.2. The van der Waals surface area contributed by atoms with Crippen molar-refractivity contribution in [1.82, 2.24) is 4.57 Å². The predicted molar refractivity (Wildman–Crippen MR) is 135 cm³/mol. The maximum absolute atomic E-state index is 13.1. The van der Waals surface area contributed by atoms with Crippen LogP contribution in [0.25, 0.3) is 10.2 Å². The number of carbonyl (C=O) groups excluding carboxylic acids is 1. The average Bonchev–Trinajstić information content (AvgIpc) is 3.22. The van der Waals surface area contributed by atoms with E-state index in [1.54, 1.807) is 23.8 Å². The predicted octanol–water partition coefficient (Wildman–Crippen LogP) is 4.03. The Morgan fingerprint density at radius 1 is 1.06 bits per heavy atom. The van der Waals surface area contributed by atoms with E-state index in [0.717, 1.165) is 29.0 Å². The van der Waals surface area contributed by atoms with E-state index in [0.29, 0.717) is 21.8 Å². The van der Waals surface area contributed by atoms with Gasteiger partial charge in [-0.2, -0.15) is 4.99 Å². The molecule has 0 atom stereocenters. The van der Waals surface area contributed by atoms with E-state index in [9.17, 15) is 17.6 Å². The van der Waals surface area contributed by atoms with E-state index in [4.69, 9.17) is 15.9 Å². The van der Waals surface area contributed by atoms with Gasteiger partial charge in [-0.1, -0.05) is 17.3 Å². The van der Waals surface area contributed by atoms with Gasteiger partial charge in [-0.3, -0.25) is 9.52 Å². The molecule has 184 valence electrons. The third kappa shape index (κ3) is 4.95. The first-order chi connectivity index (χ1) is 17.3. The number of fused-ring (bicyclic) bond motifs is 1. The second-order valence-corrected chi connectivity index (χ2v) is 10.0. The SMILES string of the molecule is C#CCn1c(=NC(=O)c2ccc(NS(=O)(=O)c3ccc(F)cc3)cc2)sc2c(OC)ccc(OC)c21. The van der Waals surface area contributed by atoms with Crippen LogP contribution >= 0.6 is 11.3 Å². The molecular weight excluding hydrogens is 505 g/mol. The molecule has 0 bridgehead atoms. The highest BCUT2D eigenvalue weighted by Gasteiger charge is 2.17. The monoisotopic (exact) mass is 525 g/mol. The summed E-state index contributed by atoms with van der Waals surface area (Å²) in [5.74, 6) is 2.63. The number of methoxy groups -OCH3 is 2. The molecule has 0 spiro atoms. The Labute approximate surface area is 210 Å². The number of hydrogen-bond donors (Lipinski definition) is 1. The molecule has 4 aromatic rings. The molecule has 1 aromatic heterocycles. The Kier molecular flexibility index (Phi) is 7.10. The van der Waals surface area contributed by atoms with Crippen LogP contribution in [-0.4, -0.2) is 33.1 Å². The molecule has 4 rings (SSSR count). The zero-order chi connectivity index (χ0) is 25.9. The third-order valence-corrected chi connectivity index (χ3v) is 7.64. The number of nitrogens with zero attached hydrogens (tertiary/aromatic N) is 2. The number of aromatic nitrogens is 1. The van der Waals surface area contributed by atoms with Gasteiger partial charge in [0, 0.05) is 11.3 Å². The Morgan fingerprint density at radius 3 is 2.31 bits per heavy atom. The summed E-state index contributed by atoms with van der Waals surface area (Å²) in [6.07, 6.45) is 5.56. The Morgan fingerprint density at radius 2 is 1.69 bits per heavy atom. The van der Waals surface area contributed by atoms with Crippen LogP contribution in [0.15, 0.2) is 70.6 Å². The van der Waals surface area contributed by atoms with Crippen molar-refractivity contribution >= 4 is 43.2 Å². The van der Waals surface area contributed by atoms with Crippen LogP contribution in [0.1, 0.15) is 10.4 Å². The molecular formula is C25H20FN3O5S2. The smallest absolute Gasteiger partial charge is 0.279 e. The van der Waals surface area contributed by atoms with Crippen molar-refractivity contribution in [3.8, 4) is 23.8 Å². The molecule has 1 N–H and O–H groups in total. The molecule has 8 nitrogen and oxygen atoms in total. The van der Waals surface area contributed by atoms with E-state index in [1.807, 2.05) is 0 Å². The zero-order valence-electron chi connectivity index (χ0n) is 19.2. The number of sulfonamides is 1. The van der Waals surface area contributed by atoms with Crippen molar-refractivity contribution in [3.05, 3.63) is 76.8 Å². The number of ether oxygens (including phenoxy) is 2. The van der Waals surface area contributed by atoms with Crippen molar-refractivity contribution < 1.29 is 27.1 Å². The second kappa shape index (κ2) is 10.2. The Hall–Kier alpha value is -4.14. The fourth-order valence-corrected chi connectivity index (χ4v) is 5.63. The van der Waals surface area contributed by atoms with Gasteiger partial charge < -0.3 is 14.0 Å². The van der Waals surface area contributed by atoms with Gasteiger partial charge in [-0.05, 0) is 60.7 Å². The van der Waals surface area contributed by atoms with Crippen LogP contribution in [0.3, 0.4) is 0 Å². The summed E-state index contributed by atoms with van der Waals surface area (Å²) in [7, 11) is -0.844. The minimum Gasteiger partial charge on any atom is -0.495 e. The molecule has 36 heavy (non-hydrogen) atoms. The standard InChI is InChI=1S/C25H20FN3O5S2/c1-4-15-29-22-20(33-2)13-14-21(34-3)23(22)35-25(29)27-24(30)16-5-9-18(10-6-16)28-36(31,32)19-11-7-17(26)8-12-19/h1,5-14,28H,15H2,2-3H3. The number of carbonyl (C=O) groups is 1. The number of amides is 1. The van der Waals surface area contributed by atoms with Crippen LogP contribution in [-0.2, 0) is 16.6 Å². The summed E-state index contributed by atoms with van der Waals surface area (Å²) in [5, 5.41) is 0. The van der Waals surface area contributed by atoms with E-state index >= 15 is 0 Å². The topological polar surface area (TPSA) is 99.0 Å². The van der Waals surface area contributed by atoms with Gasteiger partial charge in [0.1, 0.15) is 27.5 Å². The number of halogens is 1. The summed E-state index contributed by atoms with van der Waals surface area (Å²) in [6, 6.07) is 13.7. The molecule has 1 amide bonds. The number of nitrogens with one attached hydrogen (secondary N) is 1. The minimum atomic E-state index is -3.92. The highest BCUT2D eigenvalue weighted by Crippen LogP contribution is 2.35. The molecule has 0 aliphatic heterocycles. The van der Waals surface area contributed by atoms with E-state index in [-0.39, 0.29) is 22.7 Å². The molecule has 0 saturated heterocycles. The summed E-state index contributed by atoms with van der Waals surface area (Å²) in [4.78, 5) is 17.5. The van der Waals surface area contributed by atoms with Crippen LogP contribution in [0.2, 0.25) is 0 Å². The molecule has 0 radical (unpaired) electrons. The summed E-state index contributed by atoms with van der Waals surface area (Å²) in [6.45, 7) is 0.153. The van der Waals surface area contributed by atoms with Crippen LogP contribution in [0.4, 0.5) is 10.1 Å². The zero-order valence-corrected chi connectivity index (χ0v) is 20.8. The minimum absolute atomic E-state index is 0.0901. The lowest BCUT2D eigenvalue weighted by Crippen LogP contribution is -2.17. The van der Waals surface area contributed by atoms with Gasteiger partial charge in [0.2, 0.25) is 0 Å². The molecule has 1 heterocycles. The van der Waals surface area contributed by atoms with Crippen LogP contribution in [0, 0.1) is 18.2 Å². The van der Waals surface area contributed by atoms with Crippen molar-refractivity contribution in [1.29, 1.82) is 0 Å². The number of benzene rings is 3. The number of hydrogen-bond acceptors (Lipinski definition) is 6.